The van der Waals surface area contributed by atoms with Gasteiger partial charge in [-0.1, -0.05) is 41.4 Å². The van der Waals surface area contributed by atoms with Gasteiger partial charge in [-0.2, -0.15) is 0 Å². The van der Waals surface area contributed by atoms with Crippen molar-refractivity contribution in [2.75, 3.05) is 49.9 Å². The third kappa shape index (κ3) is 7.97. The summed E-state index contributed by atoms with van der Waals surface area (Å²) in [7, 11) is 0. The Hall–Kier alpha value is -2.07. The lowest BCUT2D eigenvalue weighted by molar-refractivity contribution is -0.118. The number of piperidine rings is 1. The molecule has 8 nitrogen and oxygen atoms in total. The second-order valence-electron chi connectivity index (χ2n) is 10.0. The minimum Gasteiger partial charge on any atom is -0.355 e. The normalized spacial score (nSPS) is 20.4. The van der Waals surface area contributed by atoms with Gasteiger partial charge in [-0.3, -0.25) is 9.59 Å². The summed E-state index contributed by atoms with van der Waals surface area (Å²) < 4.78 is 0. The van der Waals surface area contributed by atoms with E-state index in [-0.39, 0.29) is 23.6 Å². The molecule has 0 spiro atoms. The van der Waals surface area contributed by atoms with Gasteiger partial charge in [0.15, 0.2) is 5.16 Å². The summed E-state index contributed by atoms with van der Waals surface area (Å²) >= 11 is 13.6. The van der Waals surface area contributed by atoms with Gasteiger partial charge in [0.1, 0.15) is 11.0 Å². The minimum absolute atomic E-state index is 0.0118. The van der Waals surface area contributed by atoms with Crippen LogP contribution < -0.4 is 10.2 Å². The molecule has 2 atom stereocenters. The Kier molecular flexibility index (Phi) is 10.5. The molecule has 1 N–H and O–H groups in total. The van der Waals surface area contributed by atoms with Gasteiger partial charge in [0.05, 0.1) is 5.75 Å². The zero-order valence-corrected chi connectivity index (χ0v) is 24.4. The first-order valence-electron chi connectivity index (χ1n) is 13.3. The summed E-state index contributed by atoms with van der Waals surface area (Å²) in [5, 5.41) is 4.42. The van der Waals surface area contributed by atoms with Crippen molar-refractivity contribution < 1.29 is 9.59 Å². The van der Waals surface area contributed by atoms with Gasteiger partial charge in [0, 0.05) is 61.5 Å². The van der Waals surface area contributed by atoms with Gasteiger partial charge in [-0.25, -0.2) is 9.97 Å². The summed E-state index contributed by atoms with van der Waals surface area (Å²) in [6.45, 7) is 8.96. The van der Waals surface area contributed by atoms with E-state index >= 15 is 0 Å². The summed E-state index contributed by atoms with van der Waals surface area (Å²) in [5.41, 5.74) is 0.623. The monoisotopic (exact) mass is 578 g/mol. The third-order valence-corrected chi connectivity index (χ3v) is 8.47. The number of likely N-dealkylation sites (tertiary alicyclic amines) is 1. The molecule has 2 amide bonds. The number of nitrogens with zero attached hydrogens (tertiary/aromatic N) is 5. The first kappa shape index (κ1) is 28.9. The molecule has 2 saturated heterocycles. The summed E-state index contributed by atoms with van der Waals surface area (Å²) in [4.78, 5) is 40.8. The molecule has 0 saturated carbocycles. The maximum absolute atomic E-state index is 13.0. The standard InChI is InChI=1S/C27H36Cl2N6O2S/c1-19-6-3-4-12-33(19)13-5-11-30-25(36)18-38-27-31-23(29)16-24(32-27)34-14-15-35(20(2)17-34)26(37)21-7-9-22(28)10-8-21/h7-10,16,19-20H,3-6,11-15,17-18H2,1-2H3,(H,30,36). The van der Waals surface area contributed by atoms with Crippen LogP contribution >= 0.6 is 35.0 Å². The van der Waals surface area contributed by atoms with Crippen LogP contribution in [0.3, 0.4) is 0 Å². The number of hydrogen-bond acceptors (Lipinski definition) is 7. The lowest BCUT2D eigenvalue weighted by Gasteiger charge is -2.40. The quantitative estimate of drug-likeness (QED) is 0.201. The molecule has 11 heteroatoms. The zero-order chi connectivity index (χ0) is 27.1. The number of carbonyl (C=O) groups is 2. The maximum atomic E-state index is 13.0. The molecule has 38 heavy (non-hydrogen) atoms. The lowest BCUT2D eigenvalue weighted by Crippen LogP contribution is -2.54. The fourth-order valence-electron chi connectivity index (χ4n) is 5.02. The molecule has 0 bridgehead atoms. The molecule has 2 fully saturated rings. The highest BCUT2D eigenvalue weighted by Crippen LogP contribution is 2.25. The van der Waals surface area contributed by atoms with Crippen LogP contribution in [0.25, 0.3) is 0 Å². The second kappa shape index (κ2) is 13.8. The molecule has 0 radical (unpaired) electrons. The van der Waals surface area contributed by atoms with E-state index in [0.717, 1.165) is 19.5 Å². The van der Waals surface area contributed by atoms with Gasteiger partial charge in [-0.15, -0.1) is 0 Å². The number of thioether (sulfide) groups is 1. The molecule has 4 rings (SSSR count). The maximum Gasteiger partial charge on any atom is 0.254 e. The van der Waals surface area contributed by atoms with Crippen molar-refractivity contribution in [3.05, 3.63) is 46.1 Å². The number of anilines is 1. The van der Waals surface area contributed by atoms with Crippen molar-refractivity contribution in [1.29, 1.82) is 0 Å². The number of amides is 2. The topological polar surface area (TPSA) is 81.7 Å². The van der Waals surface area contributed by atoms with Crippen molar-refractivity contribution in [3.8, 4) is 0 Å². The van der Waals surface area contributed by atoms with E-state index < -0.39 is 0 Å². The highest BCUT2D eigenvalue weighted by molar-refractivity contribution is 7.99. The number of piperazine rings is 1. The van der Waals surface area contributed by atoms with Gasteiger partial charge in [0.25, 0.3) is 5.91 Å². The molecule has 2 unspecified atom stereocenters. The van der Waals surface area contributed by atoms with Crippen LogP contribution in [0, 0.1) is 0 Å². The Morgan fingerprint density at radius 3 is 2.58 bits per heavy atom. The predicted octanol–water partition coefficient (Wildman–Crippen LogP) is 4.61. The molecular weight excluding hydrogens is 543 g/mol. The Bertz CT molecular complexity index is 1110. The first-order chi connectivity index (χ1) is 18.3. The Morgan fingerprint density at radius 2 is 1.84 bits per heavy atom. The van der Waals surface area contributed by atoms with Crippen LogP contribution in [0.4, 0.5) is 5.82 Å². The second-order valence-corrected chi connectivity index (χ2v) is 11.8. The number of nitrogens with one attached hydrogen (secondary N) is 1. The number of aromatic nitrogens is 2. The predicted molar refractivity (Wildman–Crippen MR) is 154 cm³/mol. The van der Waals surface area contributed by atoms with Crippen molar-refractivity contribution in [2.24, 2.45) is 0 Å². The zero-order valence-electron chi connectivity index (χ0n) is 22.0. The molecule has 0 aliphatic carbocycles. The van der Waals surface area contributed by atoms with Crippen LogP contribution in [-0.2, 0) is 4.79 Å². The van der Waals surface area contributed by atoms with Crippen LogP contribution in [0.1, 0.15) is 49.9 Å². The van der Waals surface area contributed by atoms with E-state index in [2.05, 4.69) is 32.0 Å². The summed E-state index contributed by atoms with van der Waals surface area (Å²) in [6, 6.07) is 9.32. The minimum atomic E-state index is -0.0326. The fraction of sp³-hybridized carbons (Fsp3) is 0.556. The summed E-state index contributed by atoms with van der Waals surface area (Å²) in [5.74, 6) is 0.894. The third-order valence-electron chi connectivity index (χ3n) is 7.18. The number of halogens is 2. The SMILES string of the molecule is CC1CCCCN1CCCNC(=O)CSc1nc(Cl)cc(N2CCN(C(=O)c3ccc(Cl)cc3)C(C)C2)n1. The molecule has 2 aromatic rings. The average molecular weight is 580 g/mol. The van der Waals surface area contributed by atoms with E-state index in [1.165, 1.54) is 31.0 Å². The van der Waals surface area contributed by atoms with Gasteiger partial charge >= 0.3 is 0 Å². The van der Waals surface area contributed by atoms with E-state index in [1.54, 1.807) is 30.3 Å². The molecular formula is C27H36Cl2N6O2S. The smallest absolute Gasteiger partial charge is 0.254 e. The van der Waals surface area contributed by atoms with Crippen molar-refractivity contribution in [2.45, 2.75) is 56.8 Å². The Labute approximate surface area is 239 Å². The summed E-state index contributed by atoms with van der Waals surface area (Å²) in [6.07, 6.45) is 4.80. The van der Waals surface area contributed by atoms with Gasteiger partial charge in [-0.05, 0) is 63.9 Å². The molecule has 3 heterocycles. The van der Waals surface area contributed by atoms with Crippen molar-refractivity contribution in [3.63, 3.8) is 0 Å². The molecule has 2 aliphatic rings. The number of benzene rings is 1. The number of rotatable bonds is 9. The number of hydrogen-bond donors (Lipinski definition) is 1. The molecule has 1 aromatic heterocycles. The highest BCUT2D eigenvalue weighted by atomic mass is 35.5. The fourth-order valence-corrected chi connectivity index (χ4v) is 6.06. The molecule has 1 aromatic carbocycles. The van der Waals surface area contributed by atoms with Crippen LogP contribution in [0.5, 0.6) is 0 Å². The molecule has 206 valence electrons. The largest absolute Gasteiger partial charge is 0.355 e. The highest BCUT2D eigenvalue weighted by Gasteiger charge is 2.29. The lowest BCUT2D eigenvalue weighted by atomic mass is 10.0. The van der Waals surface area contributed by atoms with Crippen LogP contribution in [-0.4, -0.2) is 88.7 Å². The van der Waals surface area contributed by atoms with E-state index in [0.29, 0.717) is 58.9 Å². The molecule has 2 aliphatic heterocycles. The Balaban J connectivity index is 1.25. The van der Waals surface area contributed by atoms with Gasteiger partial charge in [0.2, 0.25) is 5.91 Å². The van der Waals surface area contributed by atoms with Gasteiger partial charge < -0.3 is 20.0 Å². The van der Waals surface area contributed by atoms with Crippen molar-refractivity contribution in [1.82, 2.24) is 25.1 Å². The van der Waals surface area contributed by atoms with Crippen LogP contribution in [0.15, 0.2) is 35.5 Å². The van der Waals surface area contributed by atoms with E-state index in [9.17, 15) is 9.59 Å². The van der Waals surface area contributed by atoms with Crippen molar-refractivity contribution >= 4 is 52.6 Å². The number of carbonyl (C=O) groups excluding carboxylic acids is 2. The van der Waals surface area contributed by atoms with Crippen LogP contribution in [0.2, 0.25) is 10.2 Å². The van der Waals surface area contributed by atoms with E-state index in [1.807, 2.05) is 11.8 Å². The average Bonchev–Trinajstić information content (AvgIpc) is 2.90. The first-order valence-corrected chi connectivity index (χ1v) is 15.0. The van der Waals surface area contributed by atoms with E-state index in [4.69, 9.17) is 23.2 Å². The Morgan fingerprint density at radius 1 is 1.05 bits per heavy atom.